The molecule has 7 heteroatoms. The van der Waals surface area contributed by atoms with Crippen molar-refractivity contribution in [2.24, 2.45) is 0 Å². The maximum absolute atomic E-state index is 12.8. The zero-order valence-electron chi connectivity index (χ0n) is 14.6. The monoisotopic (exact) mass is 350 g/mol. The Morgan fingerprint density at radius 2 is 1.67 bits per heavy atom. The van der Waals surface area contributed by atoms with Gasteiger partial charge in [0.1, 0.15) is 4.88 Å². The summed E-state index contributed by atoms with van der Waals surface area (Å²) < 4.78 is 0. The van der Waals surface area contributed by atoms with Crippen LogP contribution in [0.5, 0.6) is 0 Å². The molecule has 2 amide bonds. The Morgan fingerprint density at radius 3 is 2.29 bits per heavy atom. The van der Waals surface area contributed by atoms with E-state index >= 15 is 0 Å². The van der Waals surface area contributed by atoms with Gasteiger partial charge in [0.15, 0.2) is 0 Å². The number of aryl methyl sites for hydroxylation is 1. The molecule has 132 valence electrons. The van der Waals surface area contributed by atoms with Crippen molar-refractivity contribution in [2.45, 2.75) is 33.1 Å². The highest BCUT2D eigenvalue weighted by molar-refractivity contribution is 7.13. The molecule has 6 nitrogen and oxygen atoms in total. The minimum atomic E-state index is 0.0700. The quantitative estimate of drug-likeness (QED) is 0.824. The van der Waals surface area contributed by atoms with Gasteiger partial charge in [0.2, 0.25) is 5.91 Å². The molecular formula is C17H26N4O2S. The number of likely N-dealkylation sites (tertiary alicyclic amines) is 1. The normalized spacial score (nSPS) is 19.1. The van der Waals surface area contributed by atoms with Crippen molar-refractivity contribution in [2.75, 3.05) is 45.8 Å². The zero-order chi connectivity index (χ0) is 17.1. The molecule has 2 aliphatic rings. The number of carbonyl (C=O) groups excluding carboxylic acids is 2. The van der Waals surface area contributed by atoms with E-state index in [-0.39, 0.29) is 11.8 Å². The number of rotatable bonds is 4. The predicted molar refractivity (Wildman–Crippen MR) is 94.4 cm³/mol. The third-order valence-electron chi connectivity index (χ3n) is 4.89. The second kappa shape index (κ2) is 7.61. The molecule has 0 aliphatic carbocycles. The fourth-order valence-corrected chi connectivity index (χ4v) is 4.41. The second-order valence-corrected chi connectivity index (χ2v) is 7.70. The van der Waals surface area contributed by atoms with E-state index in [9.17, 15) is 9.59 Å². The molecule has 0 spiro atoms. The Bertz CT molecular complexity index is 602. The highest BCUT2D eigenvalue weighted by Gasteiger charge is 2.26. The summed E-state index contributed by atoms with van der Waals surface area (Å²) in [5.41, 5.74) is 0.843. The van der Waals surface area contributed by atoms with E-state index in [1.54, 1.807) is 23.2 Å². The first-order chi connectivity index (χ1) is 11.5. The van der Waals surface area contributed by atoms with Crippen molar-refractivity contribution in [1.82, 2.24) is 19.7 Å². The van der Waals surface area contributed by atoms with Crippen molar-refractivity contribution in [1.29, 1.82) is 0 Å². The summed E-state index contributed by atoms with van der Waals surface area (Å²) >= 11 is 1.54. The minimum Gasteiger partial charge on any atom is -0.339 e. The van der Waals surface area contributed by atoms with Crippen LogP contribution in [-0.2, 0) is 11.2 Å². The lowest BCUT2D eigenvalue weighted by Crippen LogP contribution is -2.50. The van der Waals surface area contributed by atoms with Crippen molar-refractivity contribution in [3.63, 3.8) is 0 Å². The van der Waals surface area contributed by atoms with Gasteiger partial charge < -0.3 is 14.7 Å². The minimum absolute atomic E-state index is 0.0700. The van der Waals surface area contributed by atoms with Crippen LogP contribution in [0, 0.1) is 6.92 Å². The van der Waals surface area contributed by atoms with Gasteiger partial charge in [0, 0.05) is 46.1 Å². The van der Waals surface area contributed by atoms with Crippen LogP contribution in [0.2, 0.25) is 0 Å². The fraction of sp³-hybridized carbons (Fsp3) is 0.706. The molecule has 2 aliphatic heterocycles. The van der Waals surface area contributed by atoms with Gasteiger partial charge in [-0.2, -0.15) is 0 Å². The Hall–Kier alpha value is -1.47. The molecule has 0 aromatic carbocycles. The Balaban J connectivity index is 1.57. The van der Waals surface area contributed by atoms with Gasteiger partial charge in [-0.1, -0.05) is 0 Å². The first-order valence-electron chi connectivity index (χ1n) is 8.78. The number of thiazole rings is 1. The number of carbonyl (C=O) groups is 2. The van der Waals surface area contributed by atoms with Crippen molar-refractivity contribution in [3.8, 4) is 0 Å². The van der Waals surface area contributed by atoms with Crippen LogP contribution >= 0.6 is 11.3 Å². The summed E-state index contributed by atoms with van der Waals surface area (Å²) in [5, 5.41) is 1.06. The number of hydrogen-bond donors (Lipinski definition) is 0. The maximum atomic E-state index is 12.8. The molecule has 2 fully saturated rings. The molecule has 3 rings (SSSR count). The van der Waals surface area contributed by atoms with Gasteiger partial charge >= 0.3 is 0 Å². The van der Waals surface area contributed by atoms with E-state index in [1.807, 2.05) is 11.8 Å². The van der Waals surface area contributed by atoms with Crippen LogP contribution in [0.25, 0.3) is 0 Å². The third kappa shape index (κ3) is 3.95. The van der Waals surface area contributed by atoms with Crippen LogP contribution < -0.4 is 0 Å². The van der Waals surface area contributed by atoms with E-state index in [4.69, 9.17) is 0 Å². The molecule has 1 aromatic rings. The molecule has 0 N–H and O–H groups in total. The van der Waals surface area contributed by atoms with Gasteiger partial charge in [0.05, 0.1) is 10.7 Å². The van der Waals surface area contributed by atoms with Crippen LogP contribution in [0.4, 0.5) is 0 Å². The van der Waals surface area contributed by atoms with E-state index in [1.165, 1.54) is 25.9 Å². The number of hydrogen-bond acceptors (Lipinski definition) is 5. The van der Waals surface area contributed by atoms with Gasteiger partial charge in [-0.15, -0.1) is 11.3 Å². The van der Waals surface area contributed by atoms with Crippen LogP contribution in [0.1, 0.15) is 40.1 Å². The molecule has 0 unspecified atom stereocenters. The van der Waals surface area contributed by atoms with Gasteiger partial charge in [-0.3, -0.25) is 9.59 Å². The number of piperazine rings is 1. The van der Waals surface area contributed by atoms with Crippen molar-refractivity contribution >= 4 is 23.2 Å². The van der Waals surface area contributed by atoms with Gasteiger partial charge in [0.25, 0.3) is 5.91 Å². The van der Waals surface area contributed by atoms with Crippen molar-refractivity contribution < 1.29 is 9.59 Å². The summed E-state index contributed by atoms with van der Waals surface area (Å²) in [6.45, 7) is 9.40. The lowest BCUT2D eigenvalue weighted by atomic mass is 10.2. The molecule has 1 aromatic heterocycles. The SMILES string of the molecule is CC(=O)N1CCN(C(=O)c2sc(CCN3CCCC3)nc2C)CC1. The second-order valence-electron chi connectivity index (χ2n) is 6.62. The van der Waals surface area contributed by atoms with Crippen LogP contribution in [0.15, 0.2) is 0 Å². The average molecular weight is 350 g/mol. The summed E-state index contributed by atoms with van der Waals surface area (Å²) in [6.07, 6.45) is 3.52. The highest BCUT2D eigenvalue weighted by atomic mass is 32.1. The van der Waals surface area contributed by atoms with Crippen molar-refractivity contribution in [3.05, 3.63) is 15.6 Å². The summed E-state index contributed by atoms with van der Waals surface area (Å²) in [6, 6.07) is 0. The van der Waals surface area contributed by atoms with Gasteiger partial charge in [-0.25, -0.2) is 4.98 Å². The smallest absolute Gasteiger partial charge is 0.265 e. The van der Waals surface area contributed by atoms with E-state index < -0.39 is 0 Å². The lowest BCUT2D eigenvalue weighted by Gasteiger charge is -2.34. The first-order valence-corrected chi connectivity index (χ1v) is 9.59. The molecule has 0 saturated carbocycles. The largest absolute Gasteiger partial charge is 0.339 e. The molecular weight excluding hydrogens is 324 g/mol. The molecule has 0 radical (unpaired) electrons. The topological polar surface area (TPSA) is 56.8 Å². The van der Waals surface area contributed by atoms with E-state index in [2.05, 4.69) is 9.88 Å². The first kappa shape index (κ1) is 17.4. The van der Waals surface area contributed by atoms with E-state index in [0.29, 0.717) is 26.2 Å². The molecule has 0 atom stereocenters. The zero-order valence-corrected chi connectivity index (χ0v) is 15.4. The maximum Gasteiger partial charge on any atom is 0.265 e. The fourth-order valence-electron chi connectivity index (χ4n) is 3.39. The molecule has 24 heavy (non-hydrogen) atoms. The standard InChI is InChI=1S/C17H26N4O2S/c1-13-16(17(23)21-11-9-20(10-12-21)14(2)22)24-15(18-13)5-8-19-6-3-4-7-19/h3-12H2,1-2H3. The number of aromatic nitrogens is 1. The third-order valence-corrected chi connectivity index (χ3v) is 6.09. The lowest BCUT2D eigenvalue weighted by molar-refractivity contribution is -0.130. The Morgan fingerprint density at radius 1 is 1.04 bits per heavy atom. The number of amides is 2. The van der Waals surface area contributed by atoms with Crippen LogP contribution in [0.3, 0.4) is 0 Å². The van der Waals surface area contributed by atoms with E-state index in [0.717, 1.165) is 28.5 Å². The molecule has 2 saturated heterocycles. The van der Waals surface area contributed by atoms with Crippen LogP contribution in [-0.4, -0.2) is 77.3 Å². The molecule has 3 heterocycles. The summed E-state index contributed by atoms with van der Waals surface area (Å²) in [5.74, 6) is 0.154. The summed E-state index contributed by atoms with van der Waals surface area (Å²) in [4.78, 5) is 35.6. The Kier molecular flexibility index (Phi) is 5.50. The molecule has 0 bridgehead atoms. The summed E-state index contributed by atoms with van der Waals surface area (Å²) in [7, 11) is 0. The predicted octanol–water partition coefficient (Wildman–Crippen LogP) is 1.39. The average Bonchev–Trinajstić information content (AvgIpc) is 3.22. The number of nitrogens with zero attached hydrogens (tertiary/aromatic N) is 4. The Labute approximate surface area is 147 Å². The highest BCUT2D eigenvalue weighted by Crippen LogP contribution is 2.22. The van der Waals surface area contributed by atoms with Gasteiger partial charge in [-0.05, 0) is 32.9 Å².